The molecule has 0 saturated heterocycles. The molecule has 2 N–H and O–H groups in total. The van der Waals surface area contributed by atoms with Crippen molar-refractivity contribution in [3.63, 3.8) is 0 Å². The summed E-state index contributed by atoms with van der Waals surface area (Å²) in [5.74, 6) is -0.217. The zero-order valence-corrected chi connectivity index (χ0v) is 28.7. The summed E-state index contributed by atoms with van der Waals surface area (Å²) in [4.78, 5) is 28.5. The van der Waals surface area contributed by atoms with Gasteiger partial charge in [0.25, 0.3) is 5.56 Å². The normalized spacial score (nSPS) is 17.4. The zero-order valence-electron chi connectivity index (χ0n) is 25.5. The predicted molar refractivity (Wildman–Crippen MR) is 169 cm³/mol. The molecule has 1 fully saturated rings. The van der Waals surface area contributed by atoms with E-state index < -0.39 is 11.9 Å². The molecule has 1 radical (unpaired) electrons. The van der Waals surface area contributed by atoms with Crippen molar-refractivity contribution in [2.75, 3.05) is 6.61 Å². The van der Waals surface area contributed by atoms with E-state index in [1.807, 2.05) is 51.5 Å². The largest absolute Gasteiger partial charge is 0.439 e. The number of benzene rings is 2. The fourth-order valence-corrected chi connectivity index (χ4v) is 6.25. The Hall–Kier alpha value is -2.64. The molecule has 44 heavy (non-hydrogen) atoms. The molecule has 1 aliphatic carbocycles. The number of aliphatic hydroxyl groups excluding tert-OH is 1. The summed E-state index contributed by atoms with van der Waals surface area (Å²) >= 11 is 0. The van der Waals surface area contributed by atoms with E-state index in [0.717, 1.165) is 77.7 Å². The molecular weight excluding hydrogens is 585 g/mol. The maximum Gasteiger partial charge on any atom is 0.439 e. The Kier molecular flexibility index (Phi) is 10.9. The summed E-state index contributed by atoms with van der Waals surface area (Å²) in [6.07, 6.45) is 6.92. The van der Waals surface area contributed by atoms with Crippen molar-refractivity contribution in [1.29, 1.82) is 0 Å². The van der Waals surface area contributed by atoms with Crippen molar-refractivity contribution in [3.8, 4) is 22.5 Å². The number of aryl methyl sites for hydroxylation is 1. The Labute approximate surface area is 297 Å². The van der Waals surface area contributed by atoms with Crippen molar-refractivity contribution in [2.45, 2.75) is 77.0 Å². The third-order valence-corrected chi connectivity index (χ3v) is 8.29. The molecular formula is C33H37KN5O5. The Bertz CT molecular complexity index is 1810. The smallest absolute Gasteiger partial charge is 0.391 e. The van der Waals surface area contributed by atoms with E-state index in [9.17, 15) is 14.7 Å². The number of aliphatic hydroxyl groups is 1. The fraction of sp³-hybridized carbons (Fsp3) is 0.394. The van der Waals surface area contributed by atoms with Gasteiger partial charge < -0.3 is 9.84 Å². The summed E-state index contributed by atoms with van der Waals surface area (Å²) in [6.45, 7) is 4.19. The number of rotatable bonds is 10. The minimum atomic E-state index is -0.597. The van der Waals surface area contributed by atoms with E-state index >= 15 is 0 Å². The molecule has 11 heteroatoms. The number of hydrogen-bond acceptors (Lipinski definition) is 7. The van der Waals surface area contributed by atoms with Crippen LogP contribution in [0.15, 0.2) is 74.9 Å². The van der Waals surface area contributed by atoms with Crippen LogP contribution in [0.4, 0.5) is 0 Å². The topological polar surface area (TPSA) is 128 Å². The molecule has 225 valence electrons. The van der Waals surface area contributed by atoms with Crippen molar-refractivity contribution in [2.24, 2.45) is 0 Å². The maximum absolute atomic E-state index is 14.3. The second kappa shape index (κ2) is 14.6. The first-order chi connectivity index (χ1) is 20.9. The number of aromatic amines is 1. The van der Waals surface area contributed by atoms with Gasteiger partial charge in [-0.3, -0.25) is 18.9 Å². The van der Waals surface area contributed by atoms with Crippen molar-refractivity contribution >= 4 is 57.0 Å². The summed E-state index contributed by atoms with van der Waals surface area (Å²) in [5.41, 5.74) is 6.30. The van der Waals surface area contributed by atoms with Gasteiger partial charge >= 0.3 is 5.76 Å². The van der Waals surface area contributed by atoms with Crippen molar-refractivity contribution < 1.29 is 14.4 Å². The fourth-order valence-electron chi connectivity index (χ4n) is 6.25. The van der Waals surface area contributed by atoms with Gasteiger partial charge in [-0.1, -0.05) is 67.0 Å². The molecule has 5 aromatic rings. The van der Waals surface area contributed by atoms with E-state index in [4.69, 9.17) is 9.26 Å². The average Bonchev–Trinajstić information content (AvgIpc) is 3.68. The number of hydrogen-bond donors (Lipinski definition) is 2. The Morgan fingerprint density at radius 2 is 1.77 bits per heavy atom. The molecule has 1 aliphatic rings. The molecule has 0 spiro atoms. The molecule has 2 aromatic carbocycles. The van der Waals surface area contributed by atoms with Gasteiger partial charge in [0, 0.05) is 81.0 Å². The van der Waals surface area contributed by atoms with Gasteiger partial charge in [-0.2, -0.15) is 5.10 Å². The maximum atomic E-state index is 14.3. The van der Waals surface area contributed by atoms with Gasteiger partial charge in [-0.05, 0) is 55.7 Å². The second-order valence-corrected chi connectivity index (χ2v) is 11.4. The quantitative estimate of drug-likeness (QED) is 0.219. The molecule has 0 aliphatic heterocycles. The van der Waals surface area contributed by atoms with E-state index in [0.29, 0.717) is 18.9 Å². The first kappa shape index (κ1) is 32.7. The van der Waals surface area contributed by atoms with Gasteiger partial charge in [0.05, 0.1) is 30.7 Å². The predicted octanol–water partition coefficient (Wildman–Crippen LogP) is 4.55. The number of nitrogens with one attached hydrogen (secondary N) is 1. The number of fused-ring (bicyclic) bond motifs is 1. The number of aromatic nitrogens is 5. The first-order valence-corrected chi connectivity index (χ1v) is 15.1. The monoisotopic (exact) mass is 622 g/mol. The van der Waals surface area contributed by atoms with Gasteiger partial charge in [-0.25, -0.2) is 9.31 Å². The van der Waals surface area contributed by atoms with Gasteiger partial charge in [-0.15, -0.1) is 0 Å². The van der Waals surface area contributed by atoms with Crippen LogP contribution in [-0.2, 0) is 17.6 Å². The first-order valence-electron chi connectivity index (χ1n) is 15.1. The van der Waals surface area contributed by atoms with Crippen LogP contribution in [-0.4, -0.2) is 99.6 Å². The van der Waals surface area contributed by atoms with Crippen molar-refractivity contribution in [3.05, 3.63) is 98.5 Å². The summed E-state index contributed by atoms with van der Waals surface area (Å²) in [5, 5.41) is 18.1. The molecule has 6 rings (SSSR count). The molecule has 3 aromatic heterocycles. The van der Waals surface area contributed by atoms with Crippen LogP contribution in [0.1, 0.15) is 68.8 Å². The summed E-state index contributed by atoms with van der Waals surface area (Å²) in [6, 6.07) is 17.9. The zero-order chi connectivity index (χ0) is 29.9. The standard InChI is InChI=1S/C33H37N5O5.K/c1-3-6-29-28(19-22-9-11-23(12-10-22)26-7-4-5-8-27(26)31-35-33(41)43-36-31)32(40)37(30-17-18-34-38(29)30)24-13-15-25(16-14-24)42-20-21(2)39;/h4-5,7-12,17-18,21,24-25,39H,3,6,13-16,19-20H2,1-2H3,(H,35,36,41);. The molecule has 1 saturated carbocycles. The van der Waals surface area contributed by atoms with E-state index in [1.165, 1.54) is 0 Å². The number of ether oxygens (including phenoxy) is 1. The summed E-state index contributed by atoms with van der Waals surface area (Å²) < 4.78 is 14.5. The number of H-pyrrole nitrogens is 1. The average molecular weight is 623 g/mol. The van der Waals surface area contributed by atoms with E-state index in [-0.39, 0.29) is 69.1 Å². The third-order valence-electron chi connectivity index (χ3n) is 8.29. The Morgan fingerprint density at radius 1 is 1.05 bits per heavy atom. The molecule has 1 unspecified atom stereocenters. The van der Waals surface area contributed by atoms with Gasteiger partial charge in [0.2, 0.25) is 0 Å². The van der Waals surface area contributed by atoms with Crippen LogP contribution in [0.5, 0.6) is 0 Å². The SMILES string of the molecule is CCCc1c(Cc2ccc(-c3ccccc3-c3noc(=O)[nH]3)cc2)c(=O)n(C2CCC(OCC(C)O)CC2)c2ccnn12.[K]. The van der Waals surface area contributed by atoms with Gasteiger partial charge in [0.15, 0.2) is 5.82 Å². The van der Waals surface area contributed by atoms with Crippen LogP contribution in [0.3, 0.4) is 0 Å². The minimum Gasteiger partial charge on any atom is -0.391 e. The van der Waals surface area contributed by atoms with Crippen LogP contribution in [0.25, 0.3) is 28.2 Å². The molecule has 0 amide bonds. The Morgan fingerprint density at radius 3 is 2.43 bits per heavy atom. The van der Waals surface area contributed by atoms with Crippen molar-refractivity contribution in [1.82, 2.24) is 24.3 Å². The van der Waals surface area contributed by atoms with Crippen LogP contribution in [0, 0.1) is 0 Å². The number of nitrogens with zero attached hydrogens (tertiary/aromatic N) is 4. The third kappa shape index (κ3) is 6.94. The molecule has 1 atom stereocenters. The van der Waals surface area contributed by atoms with E-state index in [1.54, 1.807) is 13.1 Å². The minimum absolute atomic E-state index is 0. The van der Waals surface area contributed by atoms with Crippen LogP contribution < -0.4 is 11.3 Å². The summed E-state index contributed by atoms with van der Waals surface area (Å²) in [7, 11) is 0. The molecule has 3 heterocycles. The van der Waals surface area contributed by atoms with E-state index in [2.05, 4.69) is 34.3 Å². The Balaban J connectivity index is 0.00000384. The molecule has 0 bridgehead atoms. The van der Waals surface area contributed by atoms with Crippen LogP contribution >= 0.6 is 0 Å². The molecule has 10 nitrogen and oxygen atoms in total. The van der Waals surface area contributed by atoms with Crippen LogP contribution in [0.2, 0.25) is 0 Å². The second-order valence-electron chi connectivity index (χ2n) is 11.4. The van der Waals surface area contributed by atoms with Gasteiger partial charge in [0.1, 0.15) is 5.65 Å².